The molecule has 1 fully saturated rings. The van der Waals surface area contributed by atoms with E-state index in [-0.39, 0.29) is 43.9 Å². The number of hydrogen-bond donors (Lipinski definition) is 0. The zero-order chi connectivity index (χ0) is 25.3. The van der Waals surface area contributed by atoms with E-state index < -0.39 is 18.1 Å². The number of urea groups is 1. The Morgan fingerprint density at radius 3 is 2.35 bits per heavy atom. The van der Waals surface area contributed by atoms with Gasteiger partial charge in [-0.05, 0) is 56.8 Å². The van der Waals surface area contributed by atoms with Gasteiger partial charge in [-0.15, -0.1) is 0 Å². The first-order valence-corrected chi connectivity index (χ1v) is 12.0. The lowest BCUT2D eigenvalue weighted by Gasteiger charge is -2.34. The van der Waals surface area contributed by atoms with E-state index in [1.165, 1.54) is 23.8 Å². The Morgan fingerprint density at radius 1 is 1.06 bits per heavy atom. The SMILES string of the molecule is COCN1C(=O)N(COC(C)=O)C2C(CC(C)C)=CC(=O)C(=CCOCCCCOC(C)C)C21. The average Bonchev–Trinajstić information content (AvgIpc) is 3.02. The average molecular weight is 481 g/mol. The smallest absolute Gasteiger partial charge is 0.325 e. The lowest BCUT2D eigenvalue weighted by atomic mass is 9.81. The first-order chi connectivity index (χ1) is 16.2. The van der Waals surface area contributed by atoms with E-state index in [0.29, 0.717) is 25.2 Å². The maximum atomic E-state index is 13.3. The van der Waals surface area contributed by atoms with E-state index in [2.05, 4.69) is 13.8 Å². The molecular weight excluding hydrogens is 440 g/mol. The number of nitrogens with zero attached hydrogens (tertiary/aromatic N) is 2. The van der Waals surface area contributed by atoms with Gasteiger partial charge in [0.25, 0.3) is 0 Å². The lowest BCUT2D eigenvalue weighted by Crippen LogP contribution is -2.46. The monoisotopic (exact) mass is 480 g/mol. The number of amides is 2. The van der Waals surface area contributed by atoms with E-state index in [1.807, 2.05) is 13.8 Å². The Kier molecular flexibility index (Phi) is 11.2. The molecule has 2 unspecified atom stereocenters. The highest BCUT2D eigenvalue weighted by Crippen LogP contribution is 2.38. The largest absolute Gasteiger partial charge is 0.444 e. The minimum absolute atomic E-state index is 0.0207. The number of ether oxygens (including phenoxy) is 4. The lowest BCUT2D eigenvalue weighted by molar-refractivity contribution is -0.144. The molecule has 0 bridgehead atoms. The van der Waals surface area contributed by atoms with Crippen molar-refractivity contribution in [2.24, 2.45) is 5.92 Å². The highest BCUT2D eigenvalue weighted by Gasteiger charge is 2.52. The number of rotatable bonds is 14. The third kappa shape index (κ3) is 7.65. The first kappa shape index (κ1) is 28.0. The summed E-state index contributed by atoms with van der Waals surface area (Å²) < 4.78 is 21.7. The van der Waals surface area contributed by atoms with Gasteiger partial charge < -0.3 is 18.9 Å². The van der Waals surface area contributed by atoms with Crippen LogP contribution in [0.2, 0.25) is 0 Å². The third-order valence-corrected chi connectivity index (χ3v) is 5.64. The van der Waals surface area contributed by atoms with Crippen LogP contribution in [0.1, 0.15) is 53.9 Å². The molecule has 2 atom stereocenters. The molecule has 2 rings (SSSR count). The minimum Gasteiger partial charge on any atom is -0.444 e. The molecule has 0 radical (unpaired) electrons. The van der Waals surface area contributed by atoms with Gasteiger partial charge in [-0.1, -0.05) is 13.8 Å². The fraction of sp³-hybridized carbons (Fsp3) is 0.720. The third-order valence-electron chi connectivity index (χ3n) is 5.64. The molecule has 2 amide bonds. The van der Waals surface area contributed by atoms with Crippen molar-refractivity contribution < 1.29 is 33.3 Å². The van der Waals surface area contributed by atoms with Gasteiger partial charge in [0.15, 0.2) is 12.5 Å². The maximum Gasteiger partial charge on any atom is 0.325 e. The Morgan fingerprint density at radius 2 is 1.74 bits per heavy atom. The number of carbonyl (C=O) groups is 3. The van der Waals surface area contributed by atoms with Gasteiger partial charge in [-0.3, -0.25) is 19.4 Å². The number of unbranched alkanes of at least 4 members (excludes halogenated alkanes) is 1. The quantitative estimate of drug-likeness (QED) is 0.214. The van der Waals surface area contributed by atoms with Gasteiger partial charge in [-0.2, -0.15) is 0 Å². The Bertz CT molecular complexity index is 775. The van der Waals surface area contributed by atoms with Crippen LogP contribution in [0.25, 0.3) is 0 Å². The van der Waals surface area contributed by atoms with Crippen LogP contribution in [0.15, 0.2) is 23.3 Å². The van der Waals surface area contributed by atoms with E-state index in [1.54, 1.807) is 12.2 Å². The molecule has 192 valence electrons. The summed E-state index contributed by atoms with van der Waals surface area (Å²) in [6.07, 6.45) is 6.02. The number of esters is 1. The van der Waals surface area contributed by atoms with Crippen molar-refractivity contribution >= 4 is 17.8 Å². The van der Waals surface area contributed by atoms with E-state index >= 15 is 0 Å². The van der Waals surface area contributed by atoms with Gasteiger partial charge in [-0.25, -0.2) is 4.79 Å². The highest BCUT2D eigenvalue weighted by molar-refractivity contribution is 6.08. The van der Waals surface area contributed by atoms with Gasteiger partial charge in [0.05, 0.1) is 24.8 Å². The summed E-state index contributed by atoms with van der Waals surface area (Å²) in [4.78, 5) is 40.9. The highest BCUT2D eigenvalue weighted by atomic mass is 16.5. The molecular formula is C25H40N2O7. The van der Waals surface area contributed by atoms with Gasteiger partial charge >= 0.3 is 12.0 Å². The fourth-order valence-corrected chi connectivity index (χ4v) is 4.27. The minimum atomic E-state index is -0.530. The van der Waals surface area contributed by atoms with Gasteiger partial charge in [0.2, 0.25) is 0 Å². The molecule has 2 aliphatic rings. The van der Waals surface area contributed by atoms with Crippen LogP contribution >= 0.6 is 0 Å². The molecule has 9 heteroatoms. The number of methoxy groups -OCH3 is 1. The van der Waals surface area contributed by atoms with Crippen molar-refractivity contribution in [3.63, 3.8) is 0 Å². The fourth-order valence-electron chi connectivity index (χ4n) is 4.27. The number of ketones is 1. The Labute approximate surface area is 203 Å². The number of allylic oxidation sites excluding steroid dienone is 1. The molecule has 0 aromatic carbocycles. The van der Waals surface area contributed by atoms with Crippen molar-refractivity contribution in [2.45, 2.75) is 72.1 Å². The normalized spacial score (nSPS) is 21.6. The maximum absolute atomic E-state index is 13.3. The van der Waals surface area contributed by atoms with Crippen molar-refractivity contribution in [1.29, 1.82) is 0 Å². The molecule has 1 heterocycles. The second kappa shape index (κ2) is 13.6. The van der Waals surface area contributed by atoms with Crippen LogP contribution in [-0.2, 0) is 28.5 Å². The molecule has 34 heavy (non-hydrogen) atoms. The summed E-state index contributed by atoms with van der Waals surface area (Å²) in [5.74, 6) is -0.316. The van der Waals surface area contributed by atoms with Gasteiger partial charge in [0.1, 0.15) is 6.73 Å². The summed E-state index contributed by atoms with van der Waals surface area (Å²) in [5.41, 5.74) is 1.35. The number of carbonyl (C=O) groups excluding carboxylic acids is 3. The summed E-state index contributed by atoms with van der Waals surface area (Å²) in [7, 11) is 1.50. The van der Waals surface area contributed by atoms with Crippen LogP contribution < -0.4 is 0 Å². The summed E-state index contributed by atoms with van der Waals surface area (Å²) in [6, 6.07) is -1.28. The summed E-state index contributed by atoms with van der Waals surface area (Å²) >= 11 is 0. The van der Waals surface area contributed by atoms with Crippen molar-refractivity contribution in [3.8, 4) is 0 Å². The standard InChI is InChI=1S/C25H40N2O7/c1-17(2)13-20-14-22(29)21(9-12-32-10-7-8-11-33-18(3)4)24-23(20)27(16-34-19(5)28)25(30)26(24)15-31-6/h9,14,17-18,23-24H,7-8,10-13,15-16H2,1-6H3. The van der Waals surface area contributed by atoms with Crippen LogP contribution in [0.4, 0.5) is 4.79 Å². The van der Waals surface area contributed by atoms with Crippen molar-refractivity contribution in [3.05, 3.63) is 23.3 Å². The molecule has 0 saturated carbocycles. The Balaban J connectivity index is 2.20. The molecule has 1 saturated heterocycles. The van der Waals surface area contributed by atoms with Crippen LogP contribution in [0, 0.1) is 5.92 Å². The van der Waals surface area contributed by atoms with Crippen LogP contribution in [-0.4, -0.2) is 86.2 Å². The summed E-state index contributed by atoms with van der Waals surface area (Å²) in [5, 5.41) is 0. The summed E-state index contributed by atoms with van der Waals surface area (Å²) in [6.45, 7) is 10.8. The molecule has 0 aromatic heterocycles. The molecule has 0 aromatic rings. The molecule has 1 aliphatic heterocycles. The first-order valence-electron chi connectivity index (χ1n) is 12.0. The van der Waals surface area contributed by atoms with E-state index in [9.17, 15) is 14.4 Å². The zero-order valence-electron chi connectivity index (χ0n) is 21.4. The molecule has 0 N–H and O–H groups in total. The topological polar surface area (TPSA) is 94.6 Å². The van der Waals surface area contributed by atoms with E-state index in [4.69, 9.17) is 18.9 Å². The van der Waals surface area contributed by atoms with Gasteiger partial charge in [0, 0.05) is 32.8 Å². The van der Waals surface area contributed by atoms with Crippen LogP contribution in [0.3, 0.4) is 0 Å². The van der Waals surface area contributed by atoms with E-state index in [0.717, 1.165) is 18.4 Å². The predicted molar refractivity (Wildman–Crippen MR) is 127 cm³/mol. The number of fused-ring (bicyclic) bond motifs is 1. The molecule has 9 nitrogen and oxygen atoms in total. The van der Waals surface area contributed by atoms with Crippen LogP contribution in [0.5, 0.6) is 0 Å². The Hall–Kier alpha value is -2.23. The van der Waals surface area contributed by atoms with Crippen molar-refractivity contribution in [2.75, 3.05) is 40.4 Å². The second-order valence-corrected chi connectivity index (χ2v) is 9.34. The zero-order valence-corrected chi connectivity index (χ0v) is 21.4. The second-order valence-electron chi connectivity index (χ2n) is 9.34. The van der Waals surface area contributed by atoms with Crippen molar-refractivity contribution in [1.82, 2.24) is 9.80 Å². The predicted octanol–water partition coefficient (Wildman–Crippen LogP) is 3.29. The molecule has 1 aliphatic carbocycles. The molecule has 0 spiro atoms. The number of hydrogen-bond acceptors (Lipinski definition) is 7.